The molecule has 2 aromatic rings. The van der Waals surface area contributed by atoms with Gasteiger partial charge < -0.3 is 5.73 Å². The van der Waals surface area contributed by atoms with E-state index in [0.29, 0.717) is 12.0 Å². The molecular formula is C17H16F2N2. The Kier molecular flexibility index (Phi) is 4.66. The van der Waals surface area contributed by atoms with E-state index < -0.39 is 5.82 Å². The molecule has 0 radical (unpaired) electrons. The van der Waals surface area contributed by atoms with Gasteiger partial charge >= 0.3 is 0 Å². The fraction of sp³-hybridized carbons (Fsp3) is 0.235. The molecule has 0 saturated carbocycles. The van der Waals surface area contributed by atoms with Gasteiger partial charge in [-0.05, 0) is 54.8 Å². The summed E-state index contributed by atoms with van der Waals surface area (Å²) in [6, 6.07) is 12.1. The van der Waals surface area contributed by atoms with Gasteiger partial charge in [-0.25, -0.2) is 8.78 Å². The van der Waals surface area contributed by atoms with Crippen LogP contribution in [-0.2, 0) is 6.42 Å². The van der Waals surface area contributed by atoms with Crippen LogP contribution in [0.15, 0.2) is 42.5 Å². The summed E-state index contributed by atoms with van der Waals surface area (Å²) in [6.45, 7) is 1.84. The van der Waals surface area contributed by atoms with Crippen molar-refractivity contribution in [2.75, 3.05) is 0 Å². The Morgan fingerprint density at radius 1 is 1.10 bits per heavy atom. The Morgan fingerprint density at radius 3 is 2.33 bits per heavy atom. The summed E-state index contributed by atoms with van der Waals surface area (Å²) in [5.74, 6) is -0.888. The number of halogens is 2. The van der Waals surface area contributed by atoms with Gasteiger partial charge in [-0.2, -0.15) is 5.26 Å². The van der Waals surface area contributed by atoms with Crippen LogP contribution in [0.2, 0.25) is 0 Å². The lowest BCUT2D eigenvalue weighted by atomic mass is 9.86. The van der Waals surface area contributed by atoms with E-state index in [0.717, 1.165) is 5.56 Å². The number of rotatable bonds is 4. The number of hydrogen-bond acceptors (Lipinski definition) is 2. The molecule has 0 aliphatic heterocycles. The average Bonchev–Trinajstić information content (AvgIpc) is 2.45. The lowest BCUT2D eigenvalue weighted by Crippen LogP contribution is -2.26. The maximum Gasteiger partial charge on any atom is 0.124 e. The first-order valence-corrected chi connectivity index (χ1v) is 6.70. The Balaban J connectivity index is 2.33. The largest absolute Gasteiger partial charge is 0.327 e. The number of nitriles is 1. The van der Waals surface area contributed by atoms with Crippen LogP contribution < -0.4 is 5.73 Å². The predicted molar refractivity (Wildman–Crippen MR) is 77.6 cm³/mol. The van der Waals surface area contributed by atoms with Crippen LogP contribution in [0.5, 0.6) is 0 Å². The Morgan fingerprint density at radius 2 is 1.76 bits per heavy atom. The molecule has 2 unspecified atom stereocenters. The second-order valence-corrected chi connectivity index (χ2v) is 5.18. The lowest BCUT2D eigenvalue weighted by Gasteiger charge is -2.22. The van der Waals surface area contributed by atoms with Crippen molar-refractivity contribution in [3.63, 3.8) is 0 Å². The number of hydrogen-bond donors (Lipinski definition) is 1. The van der Waals surface area contributed by atoms with Gasteiger partial charge in [0.1, 0.15) is 11.6 Å². The fourth-order valence-corrected chi connectivity index (χ4v) is 2.37. The van der Waals surface area contributed by atoms with Gasteiger partial charge in [-0.3, -0.25) is 0 Å². The monoisotopic (exact) mass is 286 g/mol. The van der Waals surface area contributed by atoms with Crippen molar-refractivity contribution in [3.8, 4) is 6.07 Å². The number of nitrogens with zero attached hydrogens (tertiary/aromatic N) is 1. The number of nitrogens with two attached hydrogens (primary N) is 1. The molecule has 2 aromatic carbocycles. The van der Waals surface area contributed by atoms with Crippen LogP contribution in [-0.4, -0.2) is 6.04 Å². The molecule has 2 rings (SSSR count). The zero-order valence-corrected chi connectivity index (χ0v) is 11.7. The van der Waals surface area contributed by atoms with Gasteiger partial charge in [0, 0.05) is 12.0 Å². The van der Waals surface area contributed by atoms with E-state index in [1.54, 1.807) is 18.2 Å². The SMILES string of the molecule is CC(N)C(Cc1ccc(F)cc1)c1cc(F)cc(C#N)c1. The molecule has 0 aliphatic carbocycles. The summed E-state index contributed by atoms with van der Waals surface area (Å²) < 4.78 is 26.5. The molecule has 0 aliphatic rings. The summed E-state index contributed by atoms with van der Waals surface area (Å²) in [7, 11) is 0. The standard InChI is InChI=1S/C17H16F2N2/c1-11(21)17(8-12-2-4-15(18)5-3-12)14-6-13(10-20)7-16(19)9-14/h2-7,9,11,17H,8,21H2,1H3. The highest BCUT2D eigenvalue weighted by Gasteiger charge is 2.18. The molecule has 0 saturated heterocycles. The summed E-state index contributed by atoms with van der Waals surface area (Å²) in [5, 5.41) is 8.94. The van der Waals surface area contributed by atoms with Crippen molar-refractivity contribution in [1.29, 1.82) is 5.26 Å². The van der Waals surface area contributed by atoms with E-state index in [1.165, 1.54) is 24.3 Å². The van der Waals surface area contributed by atoms with Gasteiger partial charge in [0.25, 0.3) is 0 Å². The highest BCUT2D eigenvalue weighted by molar-refractivity contribution is 5.36. The molecule has 4 heteroatoms. The second-order valence-electron chi connectivity index (χ2n) is 5.18. The smallest absolute Gasteiger partial charge is 0.124 e. The van der Waals surface area contributed by atoms with Crippen LogP contribution >= 0.6 is 0 Å². The molecule has 2 atom stereocenters. The van der Waals surface area contributed by atoms with E-state index in [9.17, 15) is 8.78 Å². The first-order valence-electron chi connectivity index (χ1n) is 6.70. The maximum atomic E-state index is 13.6. The molecule has 108 valence electrons. The molecule has 0 spiro atoms. The Hall–Kier alpha value is -2.25. The molecule has 21 heavy (non-hydrogen) atoms. The maximum absolute atomic E-state index is 13.6. The summed E-state index contributed by atoms with van der Waals surface area (Å²) >= 11 is 0. The van der Waals surface area contributed by atoms with Crippen molar-refractivity contribution in [1.82, 2.24) is 0 Å². The third-order valence-electron chi connectivity index (χ3n) is 3.48. The molecular weight excluding hydrogens is 270 g/mol. The van der Waals surface area contributed by atoms with E-state index >= 15 is 0 Å². The van der Waals surface area contributed by atoms with Crippen molar-refractivity contribution in [3.05, 3.63) is 70.8 Å². The molecule has 0 heterocycles. The van der Waals surface area contributed by atoms with Crippen molar-refractivity contribution >= 4 is 0 Å². The third kappa shape index (κ3) is 3.87. The van der Waals surface area contributed by atoms with Crippen LogP contribution in [0.25, 0.3) is 0 Å². The molecule has 0 bridgehead atoms. The van der Waals surface area contributed by atoms with E-state index in [4.69, 9.17) is 11.0 Å². The molecule has 0 aromatic heterocycles. The van der Waals surface area contributed by atoms with Crippen LogP contribution in [0.4, 0.5) is 8.78 Å². The Bertz CT molecular complexity index is 657. The summed E-state index contributed by atoms with van der Waals surface area (Å²) in [4.78, 5) is 0. The predicted octanol–water partition coefficient (Wildman–Crippen LogP) is 3.51. The van der Waals surface area contributed by atoms with E-state index in [1.807, 2.05) is 13.0 Å². The normalized spacial score (nSPS) is 13.5. The highest BCUT2D eigenvalue weighted by atomic mass is 19.1. The van der Waals surface area contributed by atoms with Gasteiger partial charge in [0.15, 0.2) is 0 Å². The zero-order valence-electron chi connectivity index (χ0n) is 11.7. The highest BCUT2D eigenvalue weighted by Crippen LogP contribution is 2.25. The third-order valence-corrected chi connectivity index (χ3v) is 3.48. The van der Waals surface area contributed by atoms with Gasteiger partial charge in [-0.15, -0.1) is 0 Å². The molecule has 0 fully saturated rings. The van der Waals surface area contributed by atoms with Crippen LogP contribution in [0.3, 0.4) is 0 Å². The first-order chi connectivity index (χ1) is 9.99. The average molecular weight is 286 g/mol. The molecule has 0 amide bonds. The minimum atomic E-state index is -0.450. The van der Waals surface area contributed by atoms with Gasteiger partial charge in [-0.1, -0.05) is 12.1 Å². The zero-order chi connectivity index (χ0) is 15.4. The van der Waals surface area contributed by atoms with E-state index in [-0.39, 0.29) is 23.3 Å². The summed E-state index contributed by atoms with van der Waals surface area (Å²) in [6.07, 6.45) is 0.562. The fourth-order valence-electron chi connectivity index (χ4n) is 2.37. The summed E-state index contributed by atoms with van der Waals surface area (Å²) in [5.41, 5.74) is 7.89. The molecule has 2 nitrogen and oxygen atoms in total. The van der Waals surface area contributed by atoms with Crippen molar-refractivity contribution < 1.29 is 8.78 Å². The first kappa shape index (κ1) is 15.1. The van der Waals surface area contributed by atoms with Crippen LogP contribution in [0.1, 0.15) is 29.5 Å². The second kappa shape index (κ2) is 6.47. The van der Waals surface area contributed by atoms with Crippen molar-refractivity contribution in [2.45, 2.75) is 25.3 Å². The minimum absolute atomic E-state index is 0.140. The van der Waals surface area contributed by atoms with Gasteiger partial charge in [0.05, 0.1) is 11.6 Å². The lowest BCUT2D eigenvalue weighted by molar-refractivity contribution is 0.555. The quantitative estimate of drug-likeness (QED) is 0.935. The number of benzene rings is 2. The topological polar surface area (TPSA) is 49.8 Å². The van der Waals surface area contributed by atoms with Crippen LogP contribution in [0, 0.1) is 23.0 Å². The van der Waals surface area contributed by atoms with Gasteiger partial charge in [0.2, 0.25) is 0 Å². The molecule has 2 N–H and O–H groups in total. The van der Waals surface area contributed by atoms with E-state index in [2.05, 4.69) is 0 Å². The Labute approximate surface area is 122 Å². The van der Waals surface area contributed by atoms with Crippen molar-refractivity contribution in [2.24, 2.45) is 5.73 Å². The minimum Gasteiger partial charge on any atom is -0.327 e.